The minimum atomic E-state index is -1.16. The van der Waals surface area contributed by atoms with Crippen LogP contribution in [0.5, 0.6) is 0 Å². The van der Waals surface area contributed by atoms with Crippen LogP contribution < -0.4 is 21.7 Å². The molecule has 43 heavy (non-hydrogen) atoms. The molecule has 228 valence electrons. The zero-order chi connectivity index (χ0) is 31.1. The number of benzene rings is 2. The molecule has 0 spiro atoms. The van der Waals surface area contributed by atoms with E-state index in [0.717, 1.165) is 32.9 Å². The number of carbonyl (C=O) groups is 4. The molecule has 0 bridgehead atoms. The molecule has 8 N–H and O–H groups in total. The van der Waals surface area contributed by atoms with Crippen molar-refractivity contribution in [3.8, 4) is 0 Å². The van der Waals surface area contributed by atoms with E-state index >= 15 is 0 Å². The molecular weight excluding hydrogens is 568 g/mol. The highest BCUT2D eigenvalue weighted by atomic mass is 32.1. The Morgan fingerprint density at radius 1 is 0.814 bits per heavy atom. The molecule has 5 unspecified atom stereocenters. The second-order valence-electron chi connectivity index (χ2n) is 10.7. The van der Waals surface area contributed by atoms with E-state index in [1.54, 1.807) is 19.3 Å². The van der Waals surface area contributed by atoms with Gasteiger partial charge in [0.25, 0.3) is 0 Å². The van der Waals surface area contributed by atoms with Gasteiger partial charge in [0.1, 0.15) is 18.1 Å². The maximum absolute atomic E-state index is 13.9. The van der Waals surface area contributed by atoms with E-state index in [1.165, 1.54) is 0 Å². The molecule has 4 rings (SSSR count). The number of aromatic nitrogens is 2. The largest absolute Gasteiger partial charge is 0.480 e. The highest BCUT2D eigenvalue weighted by Gasteiger charge is 2.33. The fourth-order valence-electron chi connectivity index (χ4n) is 5.03. The van der Waals surface area contributed by atoms with Gasteiger partial charge in [-0.15, -0.1) is 0 Å². The van der Waals surface area contributed by atoms with E-state index in [9.17, 15) is 24.3 Å². The van der Waals surface area contributed by atoms with E-state index in [-0.39, 0.29) is 24.5 Å². The van der Waals surface area contributed by atoms with Gasteiger partial charge in [0.2, 0.25) is 17.7 Å². The number of H-pyrrole nitrogens is 2. The van der Waals surface area contributed by atoms with Gasteiger partial charge in [0, 0.05) is 52.8 Å². The first-order valence-corrected chi connectivity index (χ1v) is 14.9. The predicted molar refractivity (Wildman–Crippen MR) is 169 cm³/mol. The second kappa shape index (κ2) is 14.3. The Morgan fingerprint density at radius 2 is 1.28 bits per heavy atom. The van der Waals surface area contributed by atoms with E-state index in [1.807, 2.05) is 55.5 Å². The van der Waals surface area contributed by atoms with Crippen LogP contribution in [-0.2, 0) is 32.0 Å². The third-order valence-electron chi connectivity index (χ3n) is 7.77. The van der Waals surface area contributed by atoms with Crippen LogP contribution in [0.1, 0.15) is 31.4 Å². The van der Waals surface area contributed by atoms with Gasteiger partial charge >= 0.3 is 5.97 Å². The Kier molecular flexibility index (Phi) is 10.5. The molecule has 0 aliphatic heterocycles. The summed E-state index contributed by atoms with van der Waals surface area (Å²) in [5, 5.41) is 19.7. The lowest BCUT2D eigenvalue weighted by molar-refractivity contribution is -0.143. The third-order valence-corrected chi connectivity index (χ3v) is 8.17. The fraction of sp³-hybridized carbons (Fsp3) is 0.355. The van der Waals surface area contributed by atoms with Crippen LogP contribution in [0.4, 0.5) is 0 Å². The van der Waals surface area contributed by atoms with E-state index < -0.39 is 47.9 Å². The first kappa shape index (κ1) is 31.6. The van der Waals surface area contributed by atoms with Crippen molar-refractivity contribution in [2.45, 2.75) is 57.3 Å². The fourth-order valence-corrected chi connectivity index (χ4v) is 5.20. The zero-order valence-corrected chi connectivity index (χ0v) is 25.0. The van der Waals surface area contributed by atoms with E-state index in [2.05, 4.69) is 38.5 Å². The number of fused-ring (bicyclic) bond motifs is 2. The molecule has 2 aromatic heterocycles. The number of thiol groups is 1. The number of carboxylic acid groups (broad SMARTS) is 1. The lowest BCUT2D eigenvalue weighted by Crippen LogP contribution is -2.58. The molecule has 11 nitrogen and oxygen atoms in total. The minimum absolute atomic E-state index is 0.0744. The molecule has 2 heterocycles. The lowest BCUT2D eigenvalue weighted by Gasteiger charge is -2.26. The summed E-state index contributed by atoms with van der Waals surface area (Å²) in [7, 11) is 0. The van der Waals surface area contributed by atoms with Gasteiger partial charge in [-0.2, -0.15) is 12.6 Å². The van der Waals surface area contributed by atoms with Crippen molar-refractivity contribution in [2.75, 3.05) is 5.75 Å². The standard InChI is InChI=1S/C31H38N6O5S/c1-3-17(2)27(31(41)42)37-30(40)26(13-19-15-34-24-11-7-5-9-21(19)24)36-29(39)25(35-28(38)22(32)16-43)12-18-14-33-23-10-6-4-8-20(18)23/h4-11,14-15,17,22,25-27,33-34,43H,3,12-13,16,32H2,1-2H3,(H,35,38)(H,36,39)(H,37,40)(H,41,42). The van der Waals surface area contributed by atoms with Crippen molar-refractivity contribution in [2.24, 2.45) is 11.7 Å². The quantitative estimate of drug-likeness (QED) is 0.102. The van der Waals surface area contributed by atoms with Crippen molar-refractivity contribution in [3.05, 3.63) is 72.1 Å². The minimum Gasteiger partial charge on any atom is -0.480 e. The van der Waals surface area contributed by atoms with Crippen LogP contribution in [0.25, 0.3) is 21.8 Å². The number of hydrogen-bond acceptors (Lipinski definition) is 6. The summed E-state index contributed by atoms with van der Waals surface area (Å²) in [5.74, 6) is -3.25. The summed E-state index contributed by atoms with van der Waals surface area (Å²) < 4.78 is 0. The maximum atomic E-state index is 13.9. The number of nitrogens with two attached hydrogens (primary N) is 1. The van der Waals surface area contributed by atoms with Crippen molar-refractivity contribution >= 4 is 58.1 Å². The van der Waals surface area contributed by atoms with Gasteiger partial charge in [0.05, 0.1) is 6.04 Å². The Bertz CT molecular complexity index is 1600. The molecule has 0 saturated carbocycles. The van der Waals surface area contributed by atoms with Crippen LogP contribution in [-0.4, -0.2) is 68.7 Å². The van der Waals surface area contributed by atoms with Crippen LogP contribution in [0.3, 0.4) is 0 Å². The molecule has 0 fully saturated rings. The normalized spacial score (nSPS) is 14.9. The van der Waals surface area contributed by atoms with Crippen molar-refractivity contribution in [3.63, 3.8) is 0 Å². The smallest absolute Gasteiger partial charge is 0.326 e. The van der Waals surface area contributed by atoms with Gasteiger partial charge in [-0.3, -0.25) is 14.4 Å². The number of aliphatic carboxylic acids is 1. The molecule has 3 amide bonds. The summed E-state index contributed by atoms with van der Waals surface area (Å²) in [4.78, 5) is 58.7. The predicted octanol–water partition coefficient (Wildman–Crippen LogP) is 2.28. The Labute approximate surface area is 254 Å². The van der Waals surface area contributed by atoms with Gasteiger partial charge in [-0.05, 0) is 29.2 Å². The highest BCUT2D eigenvalue weighted by Crippen LogP contribution is 2.21. The average Bonchev–Trinajstić information content (AvgIpc) is 3.61. The number of nitrogens with one attached hydrogen (secondary N) is 5. The Balaban J connectivity index is 1.65. The molecule has 2 aromatic carbocycles. The second-order valence-corrected chi connectivity index (χ2v) is 11.1. The van der Waals surface area contributed by atoms with Gasteiger partial charge in [-0.25, -0.2) is 4.79 Å². The number of para-hydroxylation sites is 2. The van der Waals surface area contributed by atoms with Crippen molar-refractivity contribution in [1.29, 1.82) is 0 Å². The number of carbonyl (C=O) groups excluding carboxylic acids is 3. The monoisotopic (exact) mass is 606 g/mol. The molecule has 5 atom stereocenters. The number of amides is 3. The Hall–Kier alpha value is -4.29. The van der Waals surface area contributed by atoms with Crippen LogP contribution in [0, 0.1) is 5.92 Å². The molecule has 4 aromatic rings. The number of carboxylic acids is 1. The van der Waals surface area contributed by atoms with Crippen LogP contribution in [0.2, 0.25) is 0 Å². The van der Waals surface area contributed by atoms with Crippen molar-refractivity contribution in [1.82, 2.24) is 25.9 Å². The molecule has 0 radical (unpaired) electrons. The first-order chi connectivity index (χ1) is 20.6. The van der Waals surface area contributed by atoms with Gasteiger partial charge < -0.3 is 36.8 Å². The highest BCUT2D eigenvalue weighted by molar-refractivity contribution is 7.80. The molecule has 0 aliphatic rings. The van der Waals surface area contributed by atoms with Crippen molar-refractivity contribution < 1.29 is 24.3 Å². The van der Waals surface area contributed by atoms with Crippen LogP contribution >= 0.6 is 12.6 Å². The maximum Gasteiger partial charge on any atom is 0.326 e. The van der Waals surface area contributed by atoms with E-state index in [0.29, 0.717) is 6.42 Å². The van der Waals surface area contributed by atoms with Crippen LogP contribution in [0.15, 0.2) is 60.9 Å². The van der Waals surface area contributed by atoms with Gasteiger partial charge in [-0.1, -0.05) is 56.7 Å². The molecule has 0 aliphatic carbocycles. The average molecular weight is 607 g/mol. The Morgan fingerprint density at radius 3 is 1.74 bits per heavy atom. The molecular formula is C31H38N6O5S. The molecule has 12 heteroatoms. The third kappa shape index (κ3) is 7.57. The number of rotatable bonds is 14. The summed E-state index contributed by atoms with van der Waals surface area (Å²) >= 11 is 4.11. The SMILES string of the molecule is CCC(C)C(NC(=O)C(Cc1c[nH]c2ccccc12)NC(=O)C(Cc1c[nH]c2ccccc12)NC(=O)C(N)CS)C(=O)O. The summed E-state index contributed by atoms with van der Waals surface area (Å²) in [6, 6.07) is 10.8. The lowest BCUT2D eigenvalue weighted by atomic mass is 9.97. The first-order valence-electron chi connectivity index (χ1n) is 14.2. The summed E-state index contributed by atoms with van der Waals surface area (Å²) in [5.41, 5.74) is 9.18. The number of hydrogen-bond donors (Lipinski definition) is 8. The number of aromatic amines is 2. The summed E-state index contributed by atoms with van der Waals surface area (Å²) in [6.45, 7) is 3.58. The summed E-state index contributed by atoms with van der Waals surface area (Å²) in [6.07, 6.45) is 4.26. The zero-order valence-electron chi connectivity index (χ0n) is 24.1. The molecule has 0 saturated heterocycles. The topological polar surface area (TPSA) is 182 Å². The van der Waals surface area contributed by atoms with E-state index in [4.69, 9.17) is 5.73 Å². The van der Waals surface area contributed by atoms with Gasteiger partial charge in [0.15, 0.2) is 0 Å².